The number of nitrogens with zero attached hydrogens (tertiary/aromatic N) is 4. The van der Waals surface area contributed by atoms with Crippen LogP contribution in [0.2, 0.25) is 0 Å². The second-order valence-electron chi connectivity index (χ2n) is 7.21. The number of rotatable bonds is 5. The molecule has 14 heteroatoms. The number of hydrogen-bond donors (Lipinski definition) is 2. The number of ether oxygens (including phenoxy) is 1. The third-order valence-corrected chi connectivity index (χ3v) is 6.54. The molecule has 2 aliphatic rings. The zero-order valence-electron chi connectivity index (χ0n) is 16.5. The number of carbonyl (C=O) groups is 1. The van der Waals surface area contributed by atoms with E-state index in [9.17, 15) is 21.6 Å². The molecule has 0 amide bonds. The van der Waals surface area contributed by atoms with Crippen molar-refractivity contribution in [1.29, 1.82) is 0 Å². The van der Waals surface area contributed by atoms with Gasteiger partial charge >= 0.3 is 12.1 Å². The summed E-state index contributed by atoms with van der Waals surface area (Å²) in [6, 6.07) is 1.78. The lowest BCUT2D eigenvalue weighted by Gasteiger charge is -2.52. The summed E-state index contributed by atoms with van der Waals surface area (Å²) < 4.78 is 64.5. The minimum absolute atomic E-state index is 0.289. The van der Waals surface area contributed by atoms with E-state index in [4.69, 9.17) is 14.6 Å². The molecule has 0 radical (unpaired) electrons. The Balaban J connectivity index is 0.000000396. The second kappa shape index (κ2) is 9.41. The van der Waals surface area contributed by atoms with Gasteiger partial charge in [-0.1, -0.05) is 0 Å². The van der Waals surface area contributed by atoms with Gasteiger partial charge in [0, 0.05) is 46.1 Å². The molecule has 1 atom stereocenters. The first-order valence-electron chi connectivity index (χ1n) is 8.98. The fraction of sp³-hybridized carbons (Fsp3) is 0.688. The molecule has 2 N–H and O–H groups in total. The summed E-state index contributed by atoms with van der Waals surface area (Å²) in [5.74, 6) is -1.74. The first-order chi connectivity index (χ1) is 13.9. The van der Waals surface area contributed by atoms with Gasteiger partial charge < -0.3 is 15.2 Å². The molecule has 1 spiro atoms. The zero-order valence-corrected chi connectivity index (χ0v) is 17.3. The lowest BCUT2D eigenvalue weighted by molar-refractivity contribution is -0.192. The summed E-state index contributed by atoms with van der Waals surface area (Å²) in [4.78, 5) is 17.2. The molecule has 0 aliphatic carbocycles. The van der Waals surface area contributed by atoms with Crippen molar-refractivity contribution in [2.75, 3.05) is 45.7 Å². The van der Waals surface area contributed by atoms with Gasteiger partial charge in [0.25, 0.3) is 10.2 Å². The Labute approximate surface area is 172 Å². The molecular weight excluding hydrogens is 431 g/mol. The van der Waals surface area contributed by atoms with Crippen molar-refractivity contribution in [1.82, 2.24) is 18.6 Å². The van der Waals surface area contributed by atoms with Crippen LogP contribution in [0.25, 0.3) is 0 Å². The predicted octanol–water partition coefficient (Wildman–Crippen LogP) is 0.809. The van der Waals surface area contributed by atoms with Gasteiger partial charge in [-0.25, -0.2) is 14.8 Å². The quantitative estimate of drug-likeness (QED) is 0.668. The van der Waals surface area contributed by atoms with Crippen molar-refractivity contribution in [2.45, 2.75) is 24.6 Å². The minimum Gasteiger partial charge on any atom is -0.475 e. The van der Waals surface area contributed by atoms with E-state index in [0.717, 1.165) is 19.4 Å². The van der Waals surface area contributed by atoms with Crippen molar-refractivity contribution < 1.29 is 36.2 Å². The van der Waals surface area contributed by atoms with Crippen LogP contribution in [0.4, 0.5) is 19.1 Å². The summed E-state index contributed by atoms with van der Waals surface area (Å²) in [7, 11) is -0.216. The molecule has 0 saturated carbocycles. The molecule has 3 rings (SSSR count). The maximum Gasteiger partial charge on any atom is 0.490 e. The van der Waals surface area contributed by atoms with Gasteiger partial charge in [-0.05, 0) is 24.8 Å². The van der Waals surface area contributed by atoms with Crippen LogP contribution in [-0.2, 0) is 19.7 Å². The highest BCUT2D eigenvalue weighted by atomic mass is 32.2. The molecule has 10 nitrogen and oxygen atoms in total. The maximum atomic E-state index is 12.0. The average Bonchev–Trinajstić information content (AvgIpc) is 2.65. The lowest BCUT2D eigenvalue weighted by atomic mass is 9.84. The van der Waals surface area contributed by atoms with E-state index in [1.807, 2.05) is 0 Å². The molecule has 0 bridgehead atoms. The normalized spacial score (nSPS) is 21.5. The highest BCUT2D eigenvalue weighted by molar-refractivity contribution is 7.86. The van der Waals surface area contributed by atoms with Crippen LogP contribution in [0.15, 0.2) is 18.5 Å². The van der Waals surface area contributed by atoms with Crippen molar-refractivity contribution in [2.24, 2.45) is 5.92 Å². The van der Waals surface area contributed by atoms with Crippen molar-refractivity contribution in [3.63, 3.8) is 0 Å². The van der Waals surface area contributed by atoms with Gasteiger partial charge in [-0.15, -0.1) is 0 Å². The molecular formula is C16H24F3N5O5S. The number of alkyl halides is 3. The molecule has 2 aliphatic heterocycles. The smallest absolute Gasteiger partial charge is 0.475 e. The Morgan fingerprint density at radius 1 is 1.37 bits per heavy atom. The van der Waals surface area contributed by atoms with E-state index in [0.29, 0.717) is 31.6 Å². The third kappa shape index (κ3) is 6.23. The molecule has 2 fully saturated rings. The van der Waals surface area contributed by atoms with Gasteiger partial charge in [-0.2, -0.15) is 30.2 Å². The van der Waals surface area contributed by atoms with Crippen LogP contribution in [0.3, 0.4) is 0 Å². The Morgan fingerprint density at radius 3 is 2.37 bits per heavy atom. The number of halogens is 3. The van der Waals surface area contributed by atoms with Crippen LogP contribution in [-0.4, -0.2) is 90.2 Å². The third-order valence-electron chi connectivity index (χ3n) is 4.71. The molecule has 170 valence electrons. The van der Waals surface area contributed by atoms with Crippen LogP contribution in [0.1, 0.15) is 12.8 Å². The Morgan fingerprint density at radius 2 is 1.93 bits per heavy atom. The molecule has 2 saturated heterocycles. The summed E-state index contributed by atoms with van der Waals surface area (Å²) in [6.07, 6.45) is 0.218. The van der Waals surface area contributed by atoms with Crippen molar-refractivity contribution in [3.05, 3.63) is 18.5 Å². The van der Waals surface area contributed by atoms with Gasteiger partial charge in [0.15, 0.2) is 0 Å². The number of carboxylic acid groups (broad SMARTS) is 1. The fourth-order valence-corrected chi connectivity index (χ4v) is 4.20. The summed E-state index contributed by atoms with van der Waals surface area (Å²) >= 11 is 0. The van der Waals surface area contributed by atoms with Gasteiger partial charge in [0.1, 0.15) is 0 Å². The largest absolute Gasteiger partial charge is 0.490 e. The van der Waals surface area contributed by atoms with E-state index < -0.39 is 22.4 Å². The monoisotopic (exact) mass is 455 g/mol. The van der Waals surface area contributed by atoms with E-state index in [1.165, 1.54) is 8.61 Å². The summed E-state index contributed by atoms with van der Waals surface area (Å²) in [5, 5.41) is 10.3. The lowest BCUT2D eigenvalue weighted by Crippen LogP contribution is -2.67. The second-order valence-corrected chi connectivity index (χ2v) is 9.36. The van der Waals surface area contributed by atoms with Crippen LogP contribution >= 0.6 is 0 Å². The average molecular weight is 455 g/mol. The molecule has 1 unspecified atom stereocenters. The molecule has 1 aromatic heterocycles. The van der Waals surface area contributed by atoms with Crippen molar-refractivity contribution >= 4 is 22.1 Å². The van der Waals surface area contributed by atoms with Gasteiger partial charge in [-0.3, -0.25) is 0 Å². The number of aromatic nitrogens is 2. The fourth-order valence-electron chi connectivity index (χ4n) is 2.94. The van der Waals surface area contributed by atoms with Crippen molar-refractivity contribution in [3.8, 4) is 0 Å². The summed E-state index contributed by atoms with van der Waals surface area (Å²) in [5.41, 5.74) is -0.289. The van der Waals surface area contributed by atoms with Gasteiger partial charge in [0.2, 0.25) is 5.95 Å². The topological polar surface area (TPSA) is 125 Å². The van der Waals surface area contributed by atoms with Crippen LogP contribution in [0.5, 0.6) is 0 Å². The van der Waals surface area contributed by atoms with E-state index >= 15 is 0 Å². The van der Waals surface area contributed by atoms with E-state index in [1.54, 1.807) is 32.6 Å². The maximum absolute atomic E-state index is 12.0. The molecule has 1 aromatic rings. The predicted molar refractivity (Wildman–Crippen MR) is 99.8 cm³/mol. The minimum atomic E-state index is -5.08. The number of carboxylic acids is 1. The number of anilines is 1. The number of nitrogens with one attached hydrogen (secondary N) is 1. The Bertz CT molecular complexity index is 806. The highest BCUT2D eigenvalue weighted by Crippen LogP contribution is 2.37. The molecule has 3 heterocycles. The van der Waals surface area contributed by atoms with Gasteiger partial charge in [0.05, 0.1) is 12.2 Å². The Hall–Kier alpha value is -2.03. The zero-order chi connectivity index (χ0) is 22.6. The Kier molecular flexibility index (Phi) is 7.60. The highest BCUT2D eigenvalue weighted by Gasteiger charge is 2.51. The first-order valence-corrected chi connectivity index (χ1v) is 10.4. The van der Waals surface area contributed by atoms with Crippen LogP contribution in [0, 0.1) is 5.92 Å². The van der Waals surface area contributed by atoms with Crippen LogP contribution < -0.4 is 5.32 Å². The first kappa shape index (κ1) is 24.2. The SMILES string of the molecule is CN(C)S(=O)(=O)N1CC2(CCC(CNc3ncccn3)CO2)C1.O=C(O)C(F)(F)F. The number of hydrogen-bond acceptors (Lipinski definition) is 7. The van der Waals surface area contributed by atoms with E-state index in [-0.39, 0.29) is 5.60 Å². The molecule has 0 aromatic carbocycles. The van der Waals surface area contributed by atoms with E-state index in [2.05, 4.69) is 15.3 Å². The standard InChI is InChI=1S/C14H23N5O3S.C2HF3O2/c1-18(2)23(20,21)19-10-14(11-19)5-4-12(9-22-14)8-17-13-15-6-3-7-16-13;3-2(4,5)1(6)7/h3,6-7,12H,4-5,8-11H2,1-2H3,(H,15,16,17);(H,6,7). The molecule has 30 heavy (non-hydrogen) atoms. The summed E-state index contributed by atoms with van der Waals surface area (Å²) in [6.45, 7) is 2.31. The number of aliphatic carboxylic acids is 1.